The summed E-state index contributed by atoms with van der Waals surface area (Å²) >= 11 is 12.1. The quantitative estimate of drug-likeness (QED) is 0.834. The molecule has 1 heterocycles. The Morgan fingerprint density at radius 2 is 1.96 bits per heavy atom. The number of piperidine rings is 1. The SMILES string of the molecule is O=C(NC1CNCCC1c1ccc(F)c(F)c1)c1cccc(Cl)c1Cl. The van der Waals surface area contributed by atoms with Crippen molar-refractivity contribution in [3.05, 3.63) is 69.2 Å². The highest BCUT2D eigenvalue weighted by Gasteiger charge is 2.29. The molecule has 2 unspecified atom stereocenters. The van der Waals surface area contributed by atoms with E-state index in [-0.39, 0.29) is 28.5 Å². The lowest BCUT2D eigenvalue weighted by Crippen LogP contribution is -2.50. The zero-order valence-electron chi connectivity index (χ0n) is 13.2. The van der Waals surface area contributed by atoms with Gasteiger partial charge in [-0.05, 0) is 42.8 Å². The molecule has 0 spiro atoms. The summed E-state index contributed by atoms with van der Waals surface area (Å²) in [6, 6.07) is 8.42. The second kappa shape index (κ2) is 7.68. The van der Waals surface area contributed by atoms with E-state index in [1.165, 1.54) is 6.07 Å². The van der Waals surface area contributed by atoms with Gasteiger partial charge in [0, 0.05) is 18.5 Å². The van der Waals surface area contributed by atoms with Crippen molar-refractivity contribution in [2.24, 2.45) is 0 Å². The number of hydrogen-bond donors (Lipinski definition) is 2. The largest absolute Gasteiger partial charge is 0.347 e. The number of halogens is 4. The summed E-state index contributed by atoms with van der Waals surface area (Å²) in [4.78, 5) is 12.6. The zero-order valence-corrected chi connectivity index (χ0v) is 14.7. The first-order chi connectivity index (χ1) is 12.0. The predicted molar refractivity (Wildman–Crippen MR) is 94.3 cm³/mol. The van der Waals surface area contributed by atoms with Crippen molar-refractivity contribution in [3.8, 4) is 0 Å². The van der Waals surface area contributed by atoms with E-state index in [9.17, 15) is 13.6 Å². The van der Waals surface area contributed by atoms with Crippen LogP contribution in [0.15, 0.2) is 36.4 Å². The molecule has 0 bridgehead atoms. The Kier molecular flexibility index (Phi) is 5.57. The summed E-state index contributed by atoms with van der Waals surface area (Å²) in [6.07, 6.45) is 0.694. The summed E-state index contributed by atoms with van der Waals surface area (Å²) < 4.78 is 26.8. The molecule has 1 aliphatic rings. The van der Waals surface area contributed by atoms with E-state index >= 15 is 0 Å². The molecule has 1 aliphatic heterocycles. The van der Waals surface area contributed by atoms with E-state index < -0.39 is 11.6 Å². The van der Waals surface area contributed by atoms with Crippen LogP contribution in [-0.2, 0) is 0 Å². The van der Waals surface area contributed by atoms with E-state index in [0.29, 0.717) is 23.6 Å². The smallest absolute Gasteiger partial charge is 0.253 e. The Bertz CT molecular complexity index is 801. The summed E-state index contributed by atoms with van der Waals surface area (Å²) in [6.45, 7) is 1.25. The maximum absolute atomic E-state index is 13.6. The number of benzene rings is 2. The number of rotatable bonds is 3. The van der Waals surface area contributed by atoms with Crippen molar-refractivity contribution in [1.82, 2.24) is 10.6 Å². The number of carbonyl (C=O) groups excluding carboxylic acids is 1. The number of amides is 1. The van der Waals surface area contributed by atoms with Crippen LogP contribution in [-0.4, -0.2) is 25.0 Å². The van der Waals surface area contributed by atoms with E-state index in [0.717, 1.165) is 12.6 Å². The zero-order chi connectivity index (χ0) is 18.0. The van der Waals surface area contributed by atoms with Gasteiger partial charge in [-0.2, -0.15) is 0 Å². The minimum atomic E-state index is -0.890. The fourth-order valence-electron chi connectivity index (χ4n) is 3.08. The van der Waals surface area contributed by atoms with Gasteiger partial charge in [0.1, 0.15) is 0 Å². The van der Waals surface area contributed by atoms with Gasteiger partial charge in [0.25, 0.3) is 5.91 Å². The third kappa shape index (κ3) is 3.94. The van der Waals surface area contributed by atoms with E-state index in [1.807, 2.05) is 0 Å². The highest BCUT2D eigenvalue weighted by molar-refractivity contribution is 6.43. The molecule has 3 rings (SSSR count). The monoisotopic (exact) mass is 384 g/mol. The third-order valence-electron chi connectivity index (χ3n) is 4.37. The van der Waals surface area contributed by atoms with Crippen molar-refractivity contribution in [2.45, 2.75) is 18.4 Å². The van der Waals surface area contributed by atoms with Crippen LogP contribution < -0.4 is 10.6 Å². The molecule has 2 aromatic rings. The van der Waals surface area contributed by atoms with Gasteiger partial charge in [-0.25, -0.2) is 8.78 Å². The Morgan fingerprint density at radius 3 is 2.72 bits per heavy atom. The summed E-state index contributed by atoms with van der Waals surface area (Å²) in [5.74, 6) is -2.25. The van der Waals surface area contributed by atoms with E-state index in [2.05, 4.69) is 10.6 Å². The van der Waals surface area contributed by atoms with Crippen LogP contribution in [0.4, 0.5) is 8.78 Å². The topological polar surface area (TPSA) is 41.1 Å². The van der Waals surface area contributed by atoms with Crippen LogP contribution in [0, 0.1) is 11.6 Å². The predicted octanol–water partition coefficient (Wildman–Crippen LogP) is 4.15. The maximum Gasteiger partial charge on any atom is 0.253 e. The molecule has 25 heavy (non-hydrogen) atoms. The fourth-order valence-corrected chi connectivity index (χ4v) is 3.46. The number of carbonyl (C=O) groups is 1. The molecule has 132 valence electrons. The highest BCUT2D eigenvalue weighted by Crippen LogP contribution is 2.29. The molecule has 1 saturated heterocycles. The second-order valence-electron chi connectivity index (χ2n) is 5.95. The van der Waals surface area contributed by atoms with Crippen LogP contribution in [0.2, 0.25) is 10.0 Å². The Hall–Kier alpha value is -1.69. The molecule has 1 amide bonds. The fraction of sp³-hybridized carbons (Fsp3) is 0.278. The van der Waals surface area contributed by atoms with Gasteiger partial charge in [-0.15, -0.1) is 0 Å². The van der Waals surface area contributed by atoms with Crippen LogP contribution in [0.3, 0.4) is 0 Å². The summed E-state index contributed by atoms with van der Waals surface area (Å²) in [5.41, 5.74) is 0.937. The molecule has 2 aromatic carbocycles. The average molecular weight is 385 g/mol. The molecule has 0 saturated carbocycles. The molecule has 2 N–H and O–H groups in total. The number of hydrogen-bond acceptors (Lipinski definition) is 2. The van der Waals surface area contributed by atoms with Gasteiger partial charge >= 0.3 is 0 Å². The van der Waals surface area contributed by atoms with Gasteiger partial charge in [0.2, 0.25) is 0 Å². The Labute approximate surface area is 154 Å². The number of nitrogens with one attached hydrogen (secondary N) is 2. The van der Waals surface area contributed by atoms with Crippen LogP contribution in [0.25, 0.3) is 0 Å². The van der Waals surface area contributed by atoms with Crippen molar-refractivity contribution in [3.63, 3.8) is 0 Å². The first kappa shape index (κ1) is 18.1. The molecular formula is C18H16Cl2F2N2O. The lowest BCUT2D eigenvalue weighted by atomic mass is 9.85. The molecule has 3 nitrogen and oxygen atoms in total. The molecule has 0 radical (unpaired) electrons. The summed E-state index contributed by atoms with van der Waals surface area (Å²) in [5, 5.41) is 6.62. The third-order valence-corrected chi connectivity index (χ3v) is 5.19. The Morgan fingerprint density at radius 1 is 1.16 bits per heavy atom. The molecular weight excluding hydrogens is 369 g/mol. The van der Waals surface area contributed by atoms with E-state index in [4.69, 9.17) is 23.2 Å². The maximum atomic E-state index is 13.6. The highest BCUT2D eigenvalue weighted by atomic mass is 35.5. The normalized spacial score (nSPS) is 20.3. The second-order valence-corrected chi connectivity index (χ2v) is 6.74. The molecule has 0 aromatic heterocycles. The first-order valence-electron chi connectivity index (χ1n) is 7.88. The van der Waals surface area contributed by atoms with Crippen molar-refractivity contribution < 1.29 is 13.6 Å². The van der Waals surface area contributed by atoms with Crippen molar-refractivity contribution in [1.29, 1.82) is 0 Å². The van der Waals surface area contributed by atoms with Gasteiger partial charge in [0.05, 0.1) is 15.6 Å². The molecule has 2 atom stereocenters. The van der Waals surface area contributed by atoms with Gasteiger partial charge in [0.15, 0.2) is 11.6 Å². The van der Waals surface area contributed by atoms with E-state index in [1.54, 1.807) is 24.3 Å². The van der Waals surface area contributed by atoms with Crippen molar-refractivity contribution >= 4 is 29.1 Å². The molecule has 0 aliphatic carbocycles. The average Bonchev–Trinajstić information content (AvgIpc) is 2.60. The molecule has 7 heteroatoms. The minimum absolute atomic E-state index is 0.127. The van der Waals surface area contributed by atoms with Gasteiger partial charge < -0.3 is 10.6 Å². The lowest BCUT2D eigenvalue weighted by molar-refractivity contribution is 0.0924. The van der Waals surface area contributed by atoms with Gasteiger partial charge in [-0.3, -0.25) is 4.79 Å². The minimum Gasteiger partial charge on any atom is -0.347 e. The van der Waals surface area contributed by atoms with Crippen LogP contribution in [0.5, 0.6) is 0 Å². The first-order valence-corrected chi connectivity index (χ1v) is 8.63. The van der Waals surface area contributed by atoms with Gasteiger partial charge in [-0.1, -0.05) is 35.3 Å². The standard InChI is InChI=1S/C18H16Cl2F2N2O/c19-13-3-1-2-12(17(13)20)18(25)24-16-9-23-7-6-11(16)10-4-5-14(21)15(22)8-10/h1-5,8,11,16,23H,6-7,9H2,(H,24,25). The molecule has 1 fully saturated rings. The Balaban J connectivity index is 1.82. The van der Waals surface area contributed by atoms with Crippen LogP contribution >= 0.6 is 23.2 Å². The van der Waals surface area contributed by atoms with Crippen molar-refractivity contribution in [2.75, 3.05) is 13.1 Å². The van der Waals surface area contributed by atoms with Crippen LogP contribution in [0.1, 0.15) is 28.3 Å². The lowest BCUT2D eigenvalue weighted by Gasteiger charge is -2.33. The summed E-state index contributed by atoms with van der Waals surface area (Å²) in [7, 11) is 0.